The zero-order valence-corrected chi connectivity index (χ0v) is 20.3. The minimum absolute atomic E-state index is 0.150. The van der Waals surface area contributed by atoms with Gasteiger partial charge in [-0.2, -0.15) is 4.31 Å². The predicted molar refractivity (Wildman–Crippen MR) is 130 cm³/mol. The van der Waals surface area contributed by atoms with Crippen molar-refractivity contribution in [3.05, 3.63) is 48.0 Å². The van der Waals surface area contributed by atoms with Gasteiger partial charge in [0, 0.05) is 32.3 Å². The van der Waals surface area contributed by atoms with E-state index < -0.39 is 10.0 Å². The highest BCUT2D eigenvalue weighted by Crippen LogP contribution is 2.33. The van der Waals surface area contributed by atoms with Crippen molar-refractivity contribution in [2.45, 2.75) is 32.6 Å². The van der Waals surface area contributed by atoms with Gasteiger partial charge in [-0.25, -0.2) is 8.42 Å². The van der Waals surface area contributed by atoms with Gasteiger partial charge < -0.3 is 19.7 Å². The summed E-state index contributed by atoms with van der Waals surface area (Å²) in [6.07, 6.45) is 3.08. The Labute approximate surface area is 195 Å². The number of ether oxygens (including phenoxy) is 2. The van der Waals surface area contributed by atoms with Crippen molar-refractivity contribution in [1.29, 1.82) is 0 Å². The Morgan fingerprint density at radius 2 is 1.67 bits per heavy atom. The Kier molecular flexibility index (Phi) is 7.99. The van der Waals surface area contributed by atoms with Crippen molar-refractivity contribution in [2.24, 2.45) is 0 Å². The lowest BCUT2D eigenvalue weighted by Gasteiger charge is -2.25. The minimum Gasteiger partial charge on any atom is -0.454 e. The molecule has 3 rings (SSSR count). The van der Waals surface area contributed by atoms with E-state index in [1.807, 2.05) is 19.9 Å². The zero-order chi connectivity index (χ0) is 24.0. The second-order valence-electron chi connectivity index (χ2n) is 7.38. The number of rotatable bonds is 10. The van der Waals surface area contributed by atoms with E-state index in [-0.39, 0.29) is 17.6 Å². The summed E-state index contributed by atoms with van der Waals surface area (Å²) in [5.41, 5.74) is 2.01. The molecule has 0 bridgehead atoms. The number of anilines is 2. The first-order chi connectivity index (χ1) is 15.8. The topological polar surface area (TPSA) is 88.2 Å². The maximum absolute atomic E-state index is 13.0. The van der Waals surface area contributed by atoms with Crippen LogP contribution in [0.1, 0.15) is 33.3 Å². The van der Waals surface area contributed by atoms with Gasteiger partial charge in [-0.05, 0) is 55.8 Å². The van der Waals surface area contributed by atoms with Crippen molar-refractivity contribution >= 4 is 33.4 Å². The van der Waals surface area contributed by atoms with Gasteiger partial charge in [0.25, 0.3) is 0 Å². The molecule has 0 saturated carbocycles. The van der Waals surface area contributed by atoms with Crippen LogP contribution in [0.5, 0.6) is 11.5 Å². The number of nitrogens with zero attached hydrogens (tertiary/aromatic N) is 2. The maximum Gasteiger partial charge on any atom is 0.248 e. The molecule has 0 saturated heterocycles. The van der Waals surface area contributed by atoms with Crippen LogP contribution in [-0.2, 0) is 14.8 Å². The quantitative estimate of drug-likeness (QED) is 0.526. The fraction of sp³-hybridized carbons (Fsp3) is 0.375. The van der Waals surface area contributed by atoms with Crippen LogP contribution in [0.25, 0.3) is 6.08 Å². The first-order valence-electron chi connectivity index (χ1n) is 11.1. The molecule has 2 aromatic rings. The predicted octanol–water partition coefficient (Wildman–Crippen LogP) is 3.94. The van der Waals surface area contributed by atoms with Gasteiger partial charge in [0.2, 0.25) is 22.7 Å². The molecule has 9 heteroatoms. The van der Waals surface area contributed by atoms with E-state index in [0.29, 0.717) is 43.4 Å². The first kappa shape index (κ1) is 24.6. The lowest BCUT2D eigenvalue weighted by Crippen LogP contribution is -2.31. The van der Waals surface area contributed by atoms with E-state index >= 15 is 0 Å². The van der Waals surface area contributed by atoms with Crippen LogP contribution < -0.4 is 19.7 Å². The second kappa shape index (κ2) is 10.7. The summed E-state index contributed by atoms with van der Waals surface area (Å²) in [7, 11) is -3.66. The summed E-state index contributed by atoms with van der Waals surface area (Å²) in [6, 6.07) is 10.3. The van der Waals surface area contributed by atoms with Crippen molar-refractivity contribution < 1.29 is 22.7 Å². The third-order valence-electron chi connectivity index (χ3n) is 5.50. The Hall–Kier alpha value is -3.04. The maximum atomic E-state index is 13.0. The molecule has 33 heavy (non-hydrogen) atoms. The van der Waals surface area contributed by atoms with Crippen molar-refractivity contribution in [3.8, 4) is 11.5 Å². The summed E-state index contributed by atoms with van der Waals surface area (Å²) < 4.78 is 38.1. The van der Waals surface area contributed by atoms with E-state index in [4.69, 9.17) is 9.47 Å². The normalized spacial score (nSPS) is 13.0. The minimum atomic E-state index is -3.66. The van der Waals surface area contributed by atoms with Crippen LogP contribution in [0.2, 0.25) is 0 Å². The molecule has 1 aliphatic rings. The highest BCUT2D eigenvalue weighted by atomic mass is 32.2. The van der Waals surface area contributed by atoms with Gasteiger partial charge in [0.05, 0.1) is 16.3 Å². The van der Waals surface area contributed by atoms with E-state index in [2.05, 4.69) is 10.2 Å². The van der Waals surface area contributed by atoms with Crippen molar-refractivity contribution in [3.63, 3.8) is 0 Å². The Morgan fingerprint density at radius 3 is 2.33 bits per heavy atom. The highest BCUT2D eigenvalue weighted by Gasteiger charge is 2.23. The number of benzene rings is 2. The number of fused-ring (bicyclic) bond motifs is 1. The standard InChI is InChI=1S/C24H31N3O5S/c1-5-26(6-2)21-12-11-19(33(29,30)27(7-3)8-4)16-20(21)25-24(28)14-10-18-9-13-22-23(15-18)32-17-31-22/h9-16H,5-8,17H2,1-4H3,(H,25,28). The largest absolute Gasteiger partial charge is 0.454 e. The molecule has 1 heterocycles. The number of hydrogen-bond acceptors (Lipinski definition) is 6. The van der Waals surface area contributed by atoms with Crippen LogP contribution in [0.4, 0.5) is 11.4 Å². The first-order valence-corrected chi connectivity index (χ1v) is 12.6. The lowest BCUT2D eigenvalue weighted by molar-refractivity contribution is -0.111. The smallest absolute Gasteiger partial charge is 0.248 e. The van der Waals surface area contributed by atoms with E-state index in [1.165, 1.54) is 16.4 Å². The fourth-order valence-electron chi connectivity index (χ4n) is 3.69. The molecule has 0 atom stereocenters. The SMILES string of the molecule is CCN(CC)c1ccc(S(=O)(=O)N(CC)CC)cc1NC(=O)C=Cc1ccc2c(c1)OCO2. The molecule has 2 aromatic carbocycles. The summed E-state index contributed by atoms with van der Waals surface area (Å²) >= 11 is 0. The number of hydrogen-bond donors (Lipinski definition) is 1. The number of nitrogens with one attached hydrogen (secondary N) is 1. The third kappa shape index (κ3) is 5.48. The molecule has 0 aromatic heterocycles. The number of sulfonamides is 1. The number of carbonyl (C=O) groups is 1. The van der Waals surface area contributed by atoms with Crippen LogP contribution in [0.3, 0.4) is 0 Å². The van der Waals surface area contributed by atoms with Crippen LogP contribution in [0.15, 0.2) is 47.4 Å². The Balaban J connectivity index is 1.89. The summed E-state index contributed by atoms with van der Waals surface area (Å²) in [5, 5.41) is 2.86. The molecule has 1 aliphatic heterocycles. The zero-order valence-electron chi connectivity index (χ0n) is 19.5. The van der Waals surface area contributed by atoms with Crippen molar-refractivity contribution in [1.82, 2.24) is 4.31 Å². The summed E-state index contributed by atoms with van der Waals surface area (Å²) in [4.78, 5) is 15.0. The Morgan fingerprint density at radius 1 is 0.970 bits per heavy atom. The van der Waals surface area contributed by atoms with Gasteiger partial charge in [0.1, 0.15) is 0 Å². The average Bonchev–Trinajstić information content (AvgIpc) is 3.28. The summed E-state index contributed by atoms with van der Waals surface area (Å²) in [6.45, 7) is 9.98. The third-order valence-corrected chi connectivity index (χ3v) is 7.54. The molecule has 8 nitrogen and oxygen atoms in total. The fourth-order valence-corrected chi connectivity index (χ4v) is 5.18. The van der Waals surface area contributed by atoms with Crippen LogP contribution in [-0.4, -0.2) is 51.6 Å². The molecule has 1 N–H and O–H groups in total. The molecule has 0 unspecified atom stereocenters. The van der Waals surface area contributed by atoms with Gasteiger partial charge in [-0.3, -0.25) is 4.79 Å². The molecule has 0 fully saturated rings. The van der Waals surface area contributed by atoms with Gasteiger partial charge in [0.15, 0.2) is 11.5 Å². The highest BCUT2D eigenvalue weighted by molar-refractivity contribution is 7.89. The molecule has 0 radical (unpaired) electrons. The molecule has 0 spiro atoms. The van der Waals surface area contributed by atoms with Gasteiger partial charge in [-0.1, -0.05) is 19.9 Å². The van der Waals surface area contributed by atoms with Crippen LogP contribution >= 0.6 is 0 Å². The van der Waals surface area contributed by atoms with E-state index in [1.54, 1.807) is 44.2 Å². The monoisotopic (exact) mass is 473 g/mol. The van der Waals surface area contributed by atoms with E-state index in [9.17, 15) is 13.2 Å². The van der Waals surface area contributed by atoms with Gasteiger partial charge in [-0.15, -0.1) is 0 Å². The average molecular weight is 474 g/mol. The second-order valence-corrected chi connectivity index (χ2v) is 9.31. The van der Waals surface area contributed by atoms with E-state index in [0.717, 1.165) is 11.3 Å². The molecule has 1 amide bonds. The Bertz CT molecular complexity index is 1120. The van der Waals surface area contributed by atoms with Gasteiger partial charge >= 0.3 is 0 Å². The summed E-state index contributed by atoms with van der Waals surface area (Å²) in [5.74, 6) is 0.945. The molecule has 178 valence electrons. The molecular weight excluding hydrogens is 442 g/mol. The molecule has 0 aliphatic carbocycles. The lowest BCUT2D eigenvalue weighted by atomic mass is 10.2. The molecular formula is C24H31N3O5S. The van der Waals surface area contributed by atoms with Crippen LogP contribution in [0, 0.1) is 0 Å². The van der Waals surface area contributed by atoms with Crippen molar-refractivity contribution in [2.75, 3.05) is 43.2 Å². The number of amides is 1. The number of carbonyl (C=O) groups excluding carboxylic acids is 1.